The molecule has 2 unspecified atom stereocenters. The van der Waals surface area contributed by atoms with Gasteiger partial charge in [0, 0.05) is 0 Å². The van der Waals surface area contributed by atoms with E-state index < -0.39 is 0 Å². The molecule has 1 fully saturated rings. The van der Waals surface area contributed by atoms with Crippen molar-refractivity contribution >= 4 is 0 Å². The maximum absolute atomic E-state index is 9.72. The first kappa shape index (κ1) is 10.5. The van der Waals surface area contributed by atoms with Crippen molar-refractivity contribution in [3.05, 3.63) is 24.8 Å². The van der Waals surface area contributed by atoms with Gasteiger partial charge in [-0.2, -0.15) is 0 Å². The maximum Gasteiger partial charge on any atom is 0.0571 e. The molecule has 1 saturated carbocycles. The van der Waals surface area contributed by atoms with Crippen molar-refractivity contribution in [2.45, 2.75) is 44.6 Å². The van der Waals surface area contributed by atoms with Gasteiger partial charge < -0.3 is 5.11 Å². The van der Waals surface area contributed by atoms with Crippen LogP contribution in [0.1, 0.15) is 38.5 Å². The monoisotopic (exact) mass is 180 g/mol. The van der Waals surface area contributed by atoms with Gasteiger partial charge in [-0.1, -0.05) is 31.1 Å². The van der Waals surface area contributed by atoms with Crippen LogP contribution in [0.15, 0.2) is 24.8 Å². The van der Waals surface area contributed by atoms with Crippen LogP contribution in [0.4, 0.5) is 0 Å². The van der Waals surface area contributed by atoms with Crippen LogP contribution in [0.3, 0.4) is 0 Å². The summed E-state index contributed by atoms with van der Waals surface area (Å²) >= 11 is 0. The van der Waals surface area contributed by atoms with Crippen molar-refractivity contribution in [2.75, 3.05) is 0 Å². The maximum atomic E-state index is 9.72. The van der Waals surface area contributed by atoms with Crippen molar-refractivity contribution in [1.29, 1.82) is 0 Å². The van der Waals surface area contributed by atoms with E-state index >= 15 is 0 Å². The van der Waals surface area contributed by atoms with E-state index in [0.29, 0.717) is 5.92 Å². The minimum atomic E-state index is -0.0877. The zero-order chi connectivity index (χ0) is 9.68. The minimum Gasteiger partial charge on any atom is -0.393 e. The molecule has 1 rings (SSSR count). The lowest BCUT2D eigenvalue weighted by atomic mass is 9.82. The van der Waals surface area contributed by atoms with Crippen molar-refractivity contribution < 1.29 is 5.11 Å². The average Bonchev–Trinajstić information content (AvgIpc) is 2.09. The molecule has 1 nitrogen and oxygen atoms in total. The minimum absolute atomic E-state index is 0.0877. The third-order valence-corrected chi connectivity index (χ3v) is 2.85. The summed E-state index contributed by atoms with van der Waals surface area (Å²) in [6.07, 6.45) is 8.27. The van der Waals surface area contributed by atoms with E-state index in [0.717, 1.165) is 25.7 Å². The number of aliphatic hydroxyl groups excluding tert-OH is 1. The first-order chi connectivity index (χ1) is 6.24. The summed E-state index contributed by atoms with van der Waals surface area (Å²) in [6.45, 7) is 7.68. The summed E-state index contributed by atoms with van der Waals surface area (Å²) in [6, 6.07) is 0. The largest absolute Gasteiger partial charge is 0.393 e. The smallest absolute Gasteiger partial charge is 0.0571 e. The van der Waals surface area contributed by atoms with Crippen LogP contribution >= 0.6 is 0 Å². The van der Waals surface area contributed by atoms with Gasteiger partial charge in [0.1, 0.15) is 0 Å². The standard InChI is InChI=1S/C12H20O/c1-3-6-10(2)9-11-7-4-5-8-12(11)13/h3,11-13H,1-2,4-9H2. The zero-order valence-corrected chi connectivity index (χ0v) is 8.34. The Bertz CT molecular complexity index is 184. The van der Waals surface area contributed by atoms with Gasteiger partial charge >= 0.3 is 0 Å². The highest BCUT2D eigenvalue weighted by atomic mass is 16.3. The molecular formula is C12H20O. The molecule has 0 aliphatic heterocycles. The molecule has 0 saturated heterocycles. The molecule has 1 aliphatic rings. The predicted octanol–water partition coefficient (Wildman–Crippen LogP) is 3.06. The molecule has 2 atom stereocenters. The lowest BCUT2D eigenvalue weighted by Gasteiger charge is -2.27. The second-order valence-electron chi connectivity index (χ2n) is 4.06. The molecule has 0 radical (unpaired) electrons. The molecule has 0 amide bonds. The summed E-state index contributed by atoms with van der Waals surface area (Å²) < 4.78 is 0. The molecule has 0 heterocycles. The van der Waals surface area contributed by atoms with Crippen molar-refractivity contribution in [3.8, 4) is 0 Å². The van der Waals surface area contributed by atoms with Gasteiger partial charge in [0.25, 0.3) is 0 Å². The molecule has 1 aliphatic carbocycles. The summed E-state index contributed by atoms with van der Waals surface area (Å²) in [5.74, 6) is 0.459. The lowest BCUT2D eigenvalue weighted by molar-refractivity contribution is 0.0698. The van der Waals surface area contributed by atoms with E-state index in [1.165, 1.54) is 18.4 Å². The lowest BCUT2D eigenvalue weighted by Crippen LogP contribution is -2.24. The Kier molecular flexibility index (Phi) is 4.23. The Morgan fingerprint density at radius 2 is 2.08 bits per heavy atom. The van der Waals surface area contributed by atoms with Crippen LogP contribution in [-0.4, -0.2) is 11.2 Å². The van der Waals surface area contributed by atoms with Crippen molar-refractivity contribution in [1.82, 2.24) is 0 Å². The van der Waals surface area contributed by atoms with E-state index in [2.05, 4.69) is 13.2 Å². The van der Waals surface area contributed by atoms with Crippen LogP contribution in [-0.2, 0) is 0 Å². The quantitative estimate of drug-likeness (QED) is 0.659. The predicted molar refractivity (Wildman–Crippen MR) is 56.5 cm³/mol. The molecule has 74 valence electrons. The van der Waals surface area contributed by atoms with E-state index in [-0.39, 0.29) is 6.10 Å². The van der Waals surface area contributed by atoms with E-state index in [4.69, 9.17) is 0 Å². The third kappa shape index (κ3) is 3.35. The number of rotatable bonds is 4. The number of hydrogen-bond acceptors (Lipinski definition) is 1. The Morgan fingerprint density at radius 3 is 2.69 bits per heavy atom. The fourth-order valence-electron chi connectivity index (χ4n) is 2.08. The Hall–Kier alpha value is -0.560. The average molecular weight is 180 g/mol. The van der Waals surface area contributed by atoms with Gasteiger partial charge in [0.2, 0.25) is 0 Å². The molecule has 0 bridgehead atoms. The molecule has 13 heavy (non-hydrogen) atoms. The van der Waals surface area contributed by atoms with Crippen LogP contribution in [0.25, 0.3) is 0 Å². The highest BCUT2D eigenvalue weighted by Gasteiger charge is 2.22. The topological polar surface area (TPSA) is 20.2 Å². The molecule has 0 aromatic rings. The van der Waals surface area contributed by atoms with Gasteiger partial charge in [-0.3, -0.25) is 0 Å². The summed E-state index contributed by atoms with van der Waals surface area (Å²) in [7, 11) is 0. The van der Waals surface area contributed by atoms with Crippen LogP contribution in [0, 0.1) is 5.92 Å². The van der Waals surface area contributed by atoms with Crippen LogP contribution < -0.4 is 0 Å². The van der Waals surface area contributed by atoms with Crippen LogP contribution in [0.5, 0.6) is 0 Å². The van der Waals surface area contributed by atoms with Gasteiger partial charge in [-0.05, 0) is 31.6 Å². The first-order valence-corrected chi connectivity index (χ1v) is 5.19. The molecule has 0 spiro atoms. The number of hydrogen-bond donors (Lipinski definition) is 1. The summed E-state index contributed by atoms with van der Waals surface area (Å²) in [5, 5.41) is 9.72. The van der Waals surface area contributed by atoms with Gasteiger partial charge in [0.15, 0.2) is 0 Å². The second kappa shape index (κ2) is 5.23. The number of aliphatic hydroxyl groups is 1. The highest BCUT2D eigenvalue weighted by Crippen LogP contribution is 2.29. The molecule has 1 N–H and O–H groups in total. The first-order valence-electron chi connectivity index (χ1n) is 5.19. The van der Waals surface area contributed by atoms with Gasteiger partial charge in [0.05, 0.1) is 6.10 Å². The van der Waals surface area contributed by atoms with E-state index in [1.54, 1.807) is 0 Å². The van der Waals surface area contributed by atoms with Crippen molar-refractivity contribution in [2.24, 2.45) is 5.92 Å². The van der Waals surface area contributed by atoms with E-state index in [9.17, 15) is 5.11 Å². The Labute approximate surface area is 81.2 Å². The fourth-order valence-corrected chi connectivity index (χ4v) is 2.08. The fraction of sp³-hybridized carbons (Fsp3) is 0.667. The van der Waals surface area contributed by atoms with Crippen molar-refractivity contribution in [3.63, 3.8) is 0 Å². The summed E-state index contributed by atoms with van der Waals surface area (Å²) in [4.78, 5) is 0. The molecule has 1 heteroatoms. The second-order valence-corrected chi connectivity index (χ2v) is 4.06. The normalized spacial score (nSPS) is 28.4. The molecule has 0 aromatic carbocycles. The van der Waals surface area contributed by atoms with Gasteiger partial charge in [-0.25, -0.2) is 0 Å². The molecular weight excluding hydrogens is 160 g/mol. The number of allylic oxidation sites excluding steroid dienone is 2. The van der Waals surface area contributed by atoms with E-state index in [1.807, 2.05) is 6.08 Å². The third-order valence-electron chi connectivity index (χ3n) is 2.85. The Balaban J connectivity index is 2.33. The molecule has 0 aromatic heterocycles. The summed E-state index contributed by atoms with van der Waals surface area (Å²) in [5.41, 5.74) is 1.21. The van der Waals surface area contributed by atoms with Gasteiger partial charge in [-0.15, -0.1) is 6.58 Å². The van der Waals surface area contributed by atoms with Crippen LogP contribution in [0.2, 0.25) is 0 Å². The highest BCUT2D eigenvalue weighted by molar-refractivity contribution is 5.02. The Morgan fingerprint density at radius 1 is 1.38 bits per heavy atom. The SMILES string of the molecule is C=CCC(=C)CC1CCCCC1O. The zero-order valence-electron chi connectivity index (χ0n) is 8.34.